The molecule has 0 bridgehead atoms. The van der Waals surface area contributed by atoms with Crippen molar-refractivity contribution >= 4 is 5.96 Å². The van der Waals surface area contributed by atoms with Gasteiger partial charge in [0.2, 0.25) is 0 Å². The van der Waals surface area contributed by atoms with Gasteiger partial charge in [-0.2, -0.15) is 0 Å². The number of benzene rings is 1. The Bertz CT molecular complexity index is 587. The summed E-state index contributed by atoms with van der Waals surface area (Å²) >= 11 is 0. The van der Waals surface area contributed by atoms with Crippen LogP contribution in [-0.2, 0) is 11.3 Å². The lowest BCUT2D eigenvalue weighted by atomic mass is 9.97. The normalized spacial score (nSPS) is 17.3. The minimum atomic E-state index is 0.511. The number of hydrogen-bond donors (Lipinski definition) is 2. The molecule has 30 heavy (non-hydrogen) atoms. The maximum atomic E-state index is 5.19. The highest BCUT2D eigenvalue weighted by molar-refractivity contribution is 5.79. The third kappa shape index (κ3) is 9.45. The highest BCUT2D eigenvalue weighted by Crippen LogP contribution is 2.17. The molecule has 0 aliphatic carbocycles. The van der Waals surface area contributed by atoms with Gasteiger partial charge in [0.05, 0.1) is 6.61 Å². The number of piperidine rings is 1. The number of ether oxygens (including phenoxy) is 1. The summed E-state index contributed by atoms with van der Waals surface area (Å²) in [4.78, 5) is 9.79. The van der Waals surface area contributed by atoms with Gasteiger partial charge in [-0.25, -0.2) is 0 Å². The first-order chi connectivity index (χ1) is 14.6. The van der Waals surface area contributed by atoms with Crippen LogP contribution in [-0.4, -0.2) is 81.8 Å². The summed E-state index contributed by atoms with van der Waals surface area (Å²) in [7, 11) is 3.98. The van der Waals surface area contributed by atoms with Crippen LogP contribution in [0.5, 0.6) is 0 Å². The third-order valence-corrected chi connectivity index (χ3v) is 6.05. The van der Waals surface area contributed by atoms with E-state index in [4.69, 9.17) is 9.73 Å². The van der Waals surface area contributed by atoms with E-state index in [-0.39, 0.29) is 0 Å². The van der Waals surface area contributed by atoms with E-state index < -0.39 is 0 Å². The van der Waals surface area contributed by atoms with Gasteiger partial charge in [0.15, 0.2) is 5.96 Å². The zero-order valence-corrected chi connectivity index (χ0v) is 19.6. The van der Waals surface area contributed by atoms with Crippen LogP contribution in [0.2, 0.25) is 0 Å². The van der Waals surface area contributed by atoms with Gasteiger partial charge < -0.3 is 20.3 Å². The summed E-state index contributed by atoms with van der Waals surface area (Å²) in [6, 6.07) is 11.2. The zero-order chi connectivity index (χ0) is 21.6. The van der Waals surface area contributed by atoms with Crippen molar-refractivity contribution < 1.29 is 4.74 Å². The van der Waals surface area contributed by atoms with Crippen LogP contribution in [0.15, 0.2) is 35.3 Å². The molecule has 0 saturated carbocycles. The molecular weight excluding hydrogens is 374 g/mol. The van der Waals surface area contributed by atoms with E-state index in [2.05, 4.69) is 71.7 Å². The fourth-order valence-electron chi connectivity index (χ4n) is 3.82. The van der Waals surface area contributed by atoms with Crippen LogP contribution in [0.4, 0.5) is 0 Å². The Morgan fingerprint density at radius 3 is 2.63 bits per heavy atom. The van der Waals surface area contributed by atoms with E-state index in [9.17, 15) is 0 Å². The molecule has 6 nitrogen and oxygen atoms in total. The number of nitrogens with one attached hydrogen (secondary N) is 2. The second-order valence-electron chi connectivity index (χ2n) is 8.46. The van der Waals surface area contributed by atoms with Gasteiger partial charge in [-0.05, 0) is 64.7 Å². The lowest BCUT2D eigenvalue weighted by Crippen LogP contribution is -2.41. The van der Waals surface area contributed by atoms with Crippen molar-refractivity contribution in [2.24, 2.45) is 10.9 Å². The summed E-state index contributed by atoms with van der Waals surface area (Å²) in [6.07, 6.45) is 3.55. The largest absolute Gasteiger partial charge is 0.383 e. The Morgan fingerprint density at radius 2 is 1.97 bits per heavy atom. The minimum absolute atomic E-state index is 0.511. The molecule has 1 saturated heterocycles. The summed E-state index contributed by atoms with van der Waals surface area (Å²) in [5.74, 6) is 1.65. The van der Waals surface area contributed by atoms with E-state index in [0.29, 0.717) is 12.0 Å². The van der Waals surface area contributed by atoms with Crippen molar-refractivity contribution in [3.63, 3.8) is 0 Å². The van der Waals surface area contributed by atoms with Crippen molar-refractivity contribution in [3.05, 3.63) is 35.9 Å². The van der Waals surface area contributed by atoms with Crippen molar-refractivity contribution in [2.75, 3.05) is 60.0 Å². The molecule has 1 aliphatic heterocycles. The highest BCUT2D eigenvalue weighted by atomic mass is 16.5. The quantitative estimate of drug-likeness (QED) is 0.405. The third-order valence-electron chi connectivity index (χ3n) is 6.05. The lowest BCUT2D eigenvalue weighted by molar-refractivity contribution is 0.121. The minimum Gasteiger partial charge on any atom is -0.383 e. The second-order valence-corrected chi connectivity index (χ2v) is 8.46. The SMILES string of the molecule is CCNC(=NCC1CCN(CCOC)CC1)NCCC(C)N(C)Cc1ccccc1. The molecule has 2 N–H and O–H groups in total. The topological polar surface area (TPSA) is 52.1 Å². The molecule has 1 aromatic rings. The van der Waals surface area contributed by atoms with E-state index in [1.165, 1.54) is 31.5 Å². The molecule has 1 fully saturated rings. The summed E-state index contributed by atoms with van der Waals surface area (Å²) in [5, 5.41) is 6.93. The first-order valence-corrected chi connectivity index (χ1v) is 11.6. The molecule has 1 aromatic carbocycles. The van der Waals surface area contributed by atoms with Crippen LogP contribution < -0.4 is 10.6 Å². The monoisotopic (exact) mass is 417 g/mol. The van der Waals surface area contributed by atoms with Crippen molar-refractivity contribution in [2.45, 2.75) is 45.7 Å². The van der Waals surface area contributed by atoms with Gasteiger partial charge in [0, 0.05) is 45.9 Å². The fourth-order valence-corrected chi connectivity index (χ4v) is 3.82. The molecule has 0 amide bonds. The number of hydrogen-bond acceptors (Lipinski definition) is 4. The van der Waals surface area contributed by atoms with E-state index in [0.717, 1.165) is 51.7 Å². The first-order valence-electron chi connectivity index (χ1n) is 11.6. The number of aliphatic imine (C=N–C) groups is 1. The molecule has 6 heteroatoms. The Kier molecular flexibility index (Phi) is 11.8. The van der Waals surface area contributed by atoms with Gasteiger partial charge in [-0.15, -0.1) is 0 Å². The maximum absolute atomic E-state index is 5.19. The molecule has 0 aromatic heterocycles. The predicted molar refractivity (Wildman–Crippen MR) is 127 cm³/mol. The number of rotatable bonds is 12. The summed E-state index contributed by atoms with van der Waals surface area (Å²) in [5.41, 5.74) is 1.36. The lowest BCUT2D eigenvalue weighted by Gasteiger charge is -2.31. The number of guanidine groups is 1. The van der Waals surface area contributed by atoms with Gasteiger partial charge in [-0.1, -0.05) is 30.3 Å². The molecule has 1 aliphatic rings. The zero-order valence-electron chi connectivity index (χ0n) is 19.6. The number of nitrogens with zero attached hydrogens (tertiary/aromatic N) is 3. The Hall–Kier alpha value is -1.63. The average molecular weight is 418 g/mol. The Labute approximate surface area is 184 Å². The summed E-state index contributed by atoms with van der Waals surface area (Å²) in [6.45, 7) is 12.4. The standard InChI is InChI=1S/C24H43N5O/c1-5-25-24(27-19-22-12-15-29(16-13-22)17-18-30-4)26-14-11-21(2)28(3)20-23-9-7-6-8-10-23/h6-10,21-22H,5,11-20H2,1-4H3,(H2,25,26,27). The maximum Gasteiger partial charge on any atom is 0.191 e. The molecule has 0 radical (unpaired) electrons. The number of likely N-dealkylation sites (tertiary alicyclic amines) is 1. The molecule has 1 atom stereocenters. The van der Waals surface area contributed by atoms with Crippen molar-refractivity contribution in [3.8, 4) is 0 Å². The van der Waals surface area contributed by atoms with Crippen LogP contribution in [0.3, 0.4) is 0 Å². The van der Waals surface area contributed by atoms with E-state index in [1.54, 1.807) is 7.11 Å². The van der Waals surface area contributed by atoms with E-state index >= 15 is 0 Å². The van der Waals surface area contributed by atoms with Crippen LogP contribution >= 0.6 is 0 Å². The highest BCUT2D eigenvalue weighted by Gasteiger charge is 2.18. The Morgan fingerprint density at radius 1 is 1.23 bits per heavy atom. The second kappa shape index (κ2) is 14.4. The van der Waals surface area contributed by atoms with Crippen molar-refractivity contribution in [1.82, 2.24) is 20.4 Å². The van der Waals surface area contributed by atoms with Gasteiger partial charge in [0.1, 0.15) is 0 Å². The average Bonchev–Trinajstić information content (AvgIpc) is 2.77. The van der Waals surface area contributed by atoms with E-state index in [1.807, 2.05) is 0 Å². The Balaban J connectivity index is 1.69. The van der Waals surface area contributed by atoms with Crippen LogP contribution in [0.25, 0.3) is 0 Å². The predicted octanol–water partition coefficient (Wildman–Crippen LogP) is 2.81. The smallest absolute Gasteiger partial charge is 0.191 e. The van der Waals surface area contributed by atoms with Gasteiger partial charge >= 0.3 is 0 Å². The number of methoxy groups -OCH3 is 1. The van der Waals surface area contributed by atoms with Gasteiger partial charge in [-0.3, -0.25) is 9.89 Å². The molecule has 2 rings (SSSR count). The van der Waals surface area contributed by atoms with Crippen LogP contribution in [0, 0.1) is 5.92 Å². The molecular formula is C24H43N5O. The fraction of sp³-hybridized carbons (Fsp3) is 0.708. The molecule has 1 unspecified atom stereocenters. The molecule has 1 heterocycles. The molecule has 170 valence electrons. The first kappa shape index (κ1) is 24.6. The van der Waals surface area contributed by atoms with Crippen LogP contribution in [0.1, 0.15) is 38.7 Å². The van der Waals surface area contributed by atoms with Gasteiger partial charge in [0.25, 0.3) is 0 Å². The molecule has 0 spiro atoms. The van der Waals surface area contributed by atoms with Crippen molar-refractivity contribution in [1.29, 1.82) is 0 Å². The summed E-state index contributed by atoms with van der Waals surface area (Å²) < 4.78 is 5.19.